The molecule has 31 heavy (non-hydrogen) atoms. The van der Waals surface area contributed by atoms with Crippen LogP contribution in [0.5, 0.6) is 0 Å². The molecular weight excluding hydrogens is 382 g/mol. The average molecular weight is 414 g/mol. The fourth-order valence-corrected chi connectivity index (χ4v) is 4.27. The molecule has 5 rings (SSSR count). The van der Waals surface area contributed by atoms with Gasteiger partial charge in [0.2, 0.25) is 0 Å². The molecule has 0 saturated carbocycles. The summed E-state index contributed by atoms with van der Waals surface area (Å²) in [5.74, 6) is 0.620. The fraction of sp³-hybridized carbons (Fsp3) is 0.333. The van der Waals surface area contributed by atoms with E-state index in [9.17, 15) is 4.79 Å². The van der Waals surface area contributed by atoms with E-state index in [1.165, 1.54) is 22.3 Å². The van der Waals surface area contributed by atoms with Crippen molar-refractivity contribution < 1.29 is 4.79 Å². The highest BCUT2D eigenvalue weighted by molar-refractivity contribution is 5.95. The Morgan fingerprint density at radius 1 is 1.06 bits per heavy atom. The van der Waals surface area contributed by atoms with E-state index in [0.717, 1.165) is 43.6 Å². The highest BCUT2D eigenvalue weighted by Gasteiger charge is 2.26. The van der Waals surface area contributed by atoms with Crippen molar-refractivity contribution in [2.45, 2.75) is 45.1 Å². The number of hydrogen-bond donors (Lipinski definition) is 1. The second-order valence-corrected chi connectivity index (χ2v) is 8.46. The van der Waals surface area contributed by atoms with Crippen LogP contribution < -0.4 is 5.73 Å². The maximum atomic E-state index is 12.8. The number of piperidine rings is 1. The Balaban J connectivity index is 0.000000325. The number of carbonyl (C=O) groups is 1. The van der Waals surface area contributed by atoms with Gasteiger partial charge in [-0.25, -0.2) is 0 Å². The predicted molar refractivity (Wildman–Crippen MR) is 126 cm³/mol. The number of benzene rings is 2. The van der Waals surface area contributed by atoms with Crippen LogP contribution in [-0.2, 0) is 6.42 Å². The highest BCUT2D eigenvalue weighted by atomic mass is 16.2. The molecule has 1 atom stereocenters. The normalized spacial score (nSPS) is 15.6. The summed E-state index contributed by atoms with van der Waals surface area (Å²) >= 11 is 0. The van der Waals surface area contributed by atoms with Gasteiger partial charge in [0, 0.05) is 25.3 Å². The third kappa shape index (κ3) is 5.02. The summed E-state index contributed by atoms with van der Waals surface area (Å²) in [5, 5.41) is 0. The van der Waals surface area contributed by atoms with Crippen molar-refractivity contribution in [3.63, 3.8) is 0 Å². The molecule has 0 bridgehead atoms. The van der Waals surface area contributed by atoms with Gasteiger partial charge in [-0.05, 0) is 72.6 Å². The number of carbonyl (C=O) groups excluding carboxylic acids is 1. The van der Waals surface area contributed by atoms with Gasteiger partial charge in [-0.15, -0.1) is 0 Å². The lowest BCUT2D eigenvalue weighted by molar-refractivity contribution is 0.0711. The number of amides is 1. The van der Waals surface area contributed by atoms with Gasteiger partial charge < -0.3 is 10.6 Å². The second-order valence-electron chi connectivity index (χ2n) is 8.46. The highest BCUT2D eigenvalue weighted by Crippen LogP contribution is 2.32. The van der Waals surface area contributed by atoms with Crippen LogP contribution in [0.2, 0.25) is 0 Å². The molecular formula is C27H31N3O. The minimum absolute atomic E-state index is 0.0552. The van der Waals surface area contributed by atoms with Crippen LogP contribution >= 0.6 is 0 Å². The molecule has 2 aromatic rings. The van der Waals surface area contributed by atoms with Crippen LogP contribution in [0, 0.1) is 0 Å². The molecule has 1 amide bonds. The summed E-state index contributed by atoms with van der Waals surface area (Å²) in [6, 6.07) is 20.9. The standard InChI is InChI=1S/C21H27N3O.C6H4/c1-3-20-19(8-5-11-23-20)21(25)24-12-9-16(10-13-24)18-7-4-6-17(14-18)15(2)22;1-2-5-4-6(5)3-1/h4-8,11,14-16H,3,9-10,12-13,22H2,1-2H3;1-4H. The Morgan fingerprint density at radius 2 is 1.77 bits per heavy atom. The van der Waals surface area contributed by atoms with Gasteiger partial charge in [0.05, 0.1) is 11.3 Å². The van der Waals surface area contributed by atoms with Gasteiger partial charge >= 0.3 is 0 Å². The van der Waals surface area contributed by atoms with Crippen molar-refractivity contribution in [2.24, 2.45) is 5.73 Å². The SMILES string of the molecule is CCc1ncccc1C(=O)N1CCC(c2cccc(C(C)N)c2)CC1.c1cc2cc-2c1. The summed E-state index contributed by atoms with van der Waals surface area (Å²) in [6.07, 6.45) is 4.53. The van der Waals surface area contributed by atoms with Crippen molar-refractivity contribution in [3.05, 3.63) is 89.2 Å². The summed E-state index contributed by atoms with van der Waals surface area (Å²) in [6.45, 7) is 5.64. The maximum Gasteiger partial charge on any atom is 0.255 e. The van der Waals surface area contributed by atoms with Crippen molar-refractivity contribution in [3.8, 4) is 11.1 Å². The van der Waals surface area contributed by atoms with E-state index in [2.05, 4.69) is 53.5 Å². The van der Waals surface area contributed by atoms with E-state index >= 15 is 0 Å². The smallest absolute Gasteiger partial charge is 0.255 e. The molecule has 1 fully saturated rings. The fourth-order valence-electron chi connectivity index (χ4n) is 4.27. The number of nitrogens with zero attached hydrogens (tertiary/aromatic N) is 2. The third-order valence-corrected chi connectivity index (χ3v) is 6.26. The number of nitrogens with two attached hydrogens (primary N) is 1. The maximum absolute atomic E-state index is 12.8. The molecule has 2 heterocycles. The molecule has 0 radical (unpaired) electrons. The van der Waals surface area contributed by atoms with Crippen LogP contribution in [0.1, 0.15) is 65.8 Å². The molecule has 1 saturated heterocycles. The Kier molecular flexibility index (Phi) is 6.47. The first-order chi connectivity index (χ1) is 15.1. The van der Waals surface area contributed by atoms with E-state index in [-0.39, 0.29) is 11.9 Å². The van der Waals surface area contributed by atoms with Gasteiger partial charge in [-0.1, -0.05) is 49.4 Å². The van der Waals surface area contributed by atoms with Gasteiger partial charge in [-0.2, -0.15) is 0 Å². The molecule has 160 valence electrons. The molecule has 1 aromatic carbocycles. The number of fused-ring (bicyclic) bond motifs is 1. The van der Waals surface area contributed by atoms with E-state index in [1.54, 1.807) is 6.20 Å². The van der Waals surface area contributed by atoms with Crippen LogP contribution in [0.15, 0.2) is 66.9 Å². The topological polar surface area (TPSA) is 59.2 Å². The average Bonchev–Trinajstić information content (AvgIpc) is 3.43. The number of likely N-dealkylation sites (tertiary alicyclic amines) is 1. The molecule has 1 aromatic heterocycles. The molecule has 4 heteroatoms. The Hall–Kier alpha value is -2.98. The van der Waals surface area contributed by atoms with Gasteiger partial charge in [-0.3, -0.25) is 9.78 Å². The first-order valence-electron chi connectivity index (χ1n) is 11.3. The lowest BCUT2D eigenvalue weighted by Crippen LogP contribution is -2.38. The van der Waals surface area contributed by atoms with Gasteiger partial charge in [0.1, 0.15) is 0 Å². The Labute approximate surface area is 185 Å². The zero-order chi connectivity index (χ0) is 21.8. The van der Waals surface area contributed by atoms with Crippen LogP contribution in [0.25, 0.3) is 11.1 Å². The lowest BCUT2D eigenvalue weighted by Gasteiger charge is -2.33. The van der Waals surface area contributed by atoms with Crippen molar-refractivity contribution in [1.82, 2.24) is 9.88 Å². The number of hydrogen-bond acceptors (Lipinski definition) is 3. The first kappa shape index (κ1) is 21.3. The predicted octanol–water partition coefficient (Wildman–Crippen LogP) is 5.35. The minimum atomic E-state index is 0.0552. The number of rotatable bonds is 4. The summed E-state index contributed by atoms with van der Waals surface area (Å²) in [5.41, 5.74) is 13.0. The number of aryl methyl sites for hydroxylation is 1. The Bertz CT molecular complexity index is 1030. The minimum Gasteiger partial charge on any atom is -0.339 e. The van der Waals surface area contributed by atoms with E-state index in [1.807, 2.05) is 30.9 Å². The van der Waals surface area contributed by atoms with Crippen molar-refractivity contribution >= 4 is 5.91 Å². The molecule has 4 nitrogen and oxygen atoms in total. The molecule has 2 N–H and O–H groups in total. The zero-order valence-corrected chi connectivity index (χ0v) is 18.4. The summed E-state index contributed by atoms with van der Waals surface area (Å²) in [4.78, 5) is 19.2. The monoisotopic (exact) mass is 413 g/mol. The molecule has 2 aliphatic carbocycles. The molecule has 0 spiro atoms. The van der Waals surface area contributed by atoms with E-state index in [0.29, 0.717) is 5.92 Å². The number of pyridine rings is 1. The van der Waals surface area contributed by atoms with Crippen LogP contribution in [0.4, 0.5) is 0 Å². The molecule has 1 aliphatic heterocycles. The largest absolute Gasteiger partial charge is 0.339 e. The summed E-state index contributed by atoms with van der Waals surface area (Å²) in [7, 11) is 0. The summed E-state index contributed by atoms with van der Waals surface area (Å²) < 4.78 is 0. The van der Waals surface area contributed by atoms with Crippen LogP contribution in [0.3, 0.4) is 0 Å². The zero-order valence-electron chi connectivity index (χ0n) is 18.4. The first-order valence-corrected chi connectivity index (χ1v) is 11.3. The number of aromatic nitrogens is 1. The van der Waals surface area contributed by atoms with Gasteiger partial charge in [0.25, 0.3) is 5.91 Å². The van der Waals surface area contributed by atoms with Crippen molar-refractivity contribution in [1.29, 1.82) is 0 Å². The van der Waals surface area contributed by atoms with E-state index in [4.69, 9.17) is 5.73 Å². The third-order valence-electron chi connectivity index (χ3n) is 6.26. The second kappa shape index (κ2) is 9.44. The van der Waals surface area contributed by atoms with Crippen LogP contribution in [-0.4, -0.2) is 28.9 Å². The Morgan fingerprint density at radius 3 is 2.35 bits per heavy atom. The molecule has 1 unspecified atom stereocenters. The molecule has 3 aliphatic rings. The van der Waals surface area contributed by atoms with Crippen molar-refractivity contribution in [2.75, 3.05) is 13.1 Å². The lowest BCUT2D eigenvalue weighted by atomic mass is 9.87. The van der Waals surface area contributed by atoms with Gasteiger partial charge in [0.15, 0.2) is 0 Å². The van der Waals surface area contributed by atoms with E-state index < -0.39 is 0 Å². The quantitative estimate of drug-likeness (QED) is 0.491.